The number of aromatic nitrogens is 15. The highest BCUT2D eigenvalue weighted by Gasteiger charge is 2.45. The van der Waals surface area contributed by atoms with Gasteiger partial charge in [0.25, 0.3) is 0 Å². The van der Waals surface area contributed by atoms with Crippen LogP contribution in [0.4, 0.5) is 88.2 Å². The average molecular weight is 1610 g/mol. The van der Waals surface area contributed by atoms with Gasteiger partial charge < -0.3 is 34.2 Å². The van der Waals surface area contributed by atoms with E-state index in [-0.39, 0.29) is 65.5 Å². The molecule has 21 rings (SSSR count). The van der Waals surface area contributed by atoms with Crippen LogP contribution in [0.25, 0.3) is 44.8 Å². The lowest BCUT2D eigenvalue weighted by molar-refractivity contribution is -0.118. The van der Waals surface area contributed by atoms with Gasteiger partial charge in [0.1, 0.15) is 11.6 Å². The standard InChI is InChI=1S/C23H20FN7O.C22H20ClN5O.C20H25N7O2.C19H18N8O/c1-13-2-3-14(11-25-13)17-6-7-20-21(26-17)31(16-8-9-30(20)12-16)23(32)29-22-27-18-5-4-15(24)10-19(18)28-22;1-14-9-16(4-7-25-14)21-18(23)11-19-22(26-21)28(17-5-8-27(19)13-17)20(29)10-15-3-2-6-24-12-15;1-20(2)13-26(9-10-29-20)17-4-3-15-18(24-17)27(14-5-8-25(15)12-14)19(28)23-16-11-21-6-7-22-16;1-12-8-13(9-22-25-12)15-2-3-16-18(23-15)27(14-4-7-26(16)11-14)19(28)24-17-10-20-5-6-21-17/h2-7,10-11,16H,8-9,12H2,1H3,(H2,27,28,29,32);2-4,6-7,9,11-12,17H,5,8,10,13H2,1H3;3-4,6-7,11,14H,5,8-10,12-13H2,1-2H3,(H,22,23,28);2-3,5-6,8-10,14H,4,7,11H2,1H3,(H,21,24,28)/t16-;17-;2*14-/m0000/s1. The Morgan fingerprint density at radius 1 is 0.508 bits per heavy atom. The largest absolute Gasteiger partial charge is 0.372 e. The van der Waals surface area contributed by atoms with Crippen LogP contribution in [0.15, 0.2) is 171 Å². The molecule has 20 heterocycles. The molecule has 1 aromatic carbocycles. The number of urea groups is 3. The van der Waals surface area contributed by atoms with Crippen LogP contribution in [0.2, 0.25) is 5.02 Å². The smallest absolute Gasteiger partial charge is 0.330 e. The summed E-state index contributed by atoms with van der Waals surface area (Å²) in [5.74, 6) is 4.36. The molecule has 4 atom stereocenters. The molecule has 0 saturated carbocycles. The molecule has 8 bridgehead atoms. The van der Waals surface area contributed by atoms with E-state index in [1.807, 2.05) is 98.5 Å². The Kier molecular flexibility index (Phi) is 20.5. The zero-order valence-electron chi connectivity index (χ0n) is 65.4. The number of hydrogen-bond donors (Lipinski definition) is 4. The number of rotatable bonds is 9. The predicted octanol–water partition coefficient (Wildman–Crippen LogP) is 12.2. The fourth-order valence-corrected chi connectivity index (χ4v) is 17.1. The highest BCUT2D eigenvalue weighted by Crippen LogP contribution is 2.47. The van der Waals surface area contributed by atoms with Crippen LogP contribution in [-0.2, 0) is 16.0 Å². The van der Waals surface area contributed by atoms with E-state index in [9.17, 15) is 23.6 Å². The number of ether oxygens (including phenoxy) is 1. The molecule has 34 heteroatoms. The SMILES string of the molecule is CC1(C)CN(c2ccc3c(n2)N(C(=O)Nc2cnccn2)[C@H]2CCN3C2)CCO1.Cc1cc(-c2ccc3c(n2)N(C(=O)Nc2cnccn2)[C@H]2CCN3C2)cnn1.Cc1cc(-c2nc3c(cc2Cl)N2CC[C@@H](C2)N3C(=O)Cc2cccnc2)ccn1.Cc1ccc(-c2ccc3c(n2)N(C(=O)Nc2nc4ccc(F)cc4[nH]2)[C@H]2CCN3C2)cn1. The highest BCUT2D eigenvalue weighted by molar-refractivity contribution is 6.33. The van der Waals surface area contributed by atoms with Gasteiger partial charge in [0, 0.05) is 143 Å². The second kappa shape index (κ2) is 31.9. The van der Waals surface area contributed by atoms with E-state index in [0.29, 0.717) is 69.7 Å². The summed E-state index contributed by atoms with van der Waals surface area (Å²) in [5, 5.41) is 17.1. The number of nitrogens with one attached hydrogen (secondary N) is 4. The molecule has 0 radical (unpaired) electrons. The van der Waals surface area contributed by atoms with Gasteiger partial charge in [-0.3, -0.25) is 65.3 Å². The number of pyridine rings is 7. The topological polar surface area (TPSA) is 339 Å². The first-order valence-electron chi connectivity index (χ1n) is 39.3. The predicted molar refractivity (Wildman–Crippen MR) is 448 cm³/mol. The molecule has 5 saturated heterocycles. The van der Waals surface area contributed by atoms with Crippen LogP contribution >= 0.6 is 11.6 Å². The molecule has 9 aliphatic heterocycles. The van der Waals surface area contributed by atoms with Crippen LogP contribution in [0.3, 0.4) is 0 Å². The van der Waals surface area contributed by atoms with Crippen molar-refractivity contribution in [3.05, 3.63) is 205 Å². The number of anilines is 12. The van der Waals surface area contributed by atoms with E-state index in [1.165, 1.54) is 18.3 Å². The van der Waals surface area contributed by atoms with Crippen LogP contribution in [0.1, 0.15) is 62.2 Å². The van der Waals surface area contributed by atoms with Crippen molar-refractivity contribution >= 4 is 116 Å². The van der Waals surface area contributed by atoms with Crippen molar-refractivity contribution in [3.63, 3.8) is 0 Å². The molecule has 0 spiro atoms. The molecule has 5 fully saturated rings. The number of amides is 7. The van der Waals surface area contributed by atoms with Crippen LogP contribution < -0.4 is 60.0 Å². The Morgan fingerprint density at radius 2 is 1.09 bits per heavy atom. The van der Waals surface area contributed by atoms with Crippen LogP contribution in [0, 0.1) is 26.6 Å². The summed E-state index contributed by atoms with van der Waals surface area (Å²) >= 11 is 6.62. The van der Waals surface area contributed by atoms with Gasteiger partial charge in [-0.25, -0.2) is 53.7 Å². The van der Waals surface area contributed by atoms with Gasteiger partial charge >= 0.3 is 18.1 Å². The van der Waals surface area contributed by atoms with Gasteiger partial charge in [0.2, 0.25) is 11.9 Å². The molecule has 12 aromatic rings. The van der Waals surface area contributed by atoms with Gasteiger partial charge in [-0.15, -0.1) is 0 Å². The fourth-order valence-electron chi connectivity index (χ4n) is 16.8. The molecular weight excluding hydrogens is 1520 g/mol. The van der Waals surface area contributed by atoms with Crippen molar-refractivity contribution in [2.24, 2.45) is 0 Å². The molecular formula is C84H83ClFN27O5. The van der Waals surface area contributed by atoms with E-state index in [1.54, 1.807) is 82.7 Å². The van der Waals surface area contributed by atoms with Crippen molar-refractivity contribution in [3.8, 4) is 33.8 Å². The Hall–Kier alpha value is -13.6. The van der Waals surface area contributed by atoms with Gasteiger partial charge in [-0.1, -0.05) is 17.7 Å². The van der Waals surface area contributed by atoms with E-state index >= 15 is 0 Å². The first kappa shape index (κ1) is 75.8. The number of benzene rings is 1. The number of carbonyl (C=O) groups is 4. The molecule has 9 aliphatic rings. The molecule has 118 heavy (non-hydrogen) atoms. The molecule has 0 unspecified atom stereocenters. The molecule has 598 valence electrons. The van der Waals surface area contributed by atoms with E-state index < -0.39 is 0 Å². The normalized spacial score (nSPS) is 18.5. The summed E-state index contributed by atoms with van der Waals surface area (Å²) in [6, 6.07) is 31.4. The Balaban J connectivity index is 0.000000109. The number of H-pyrrole nitrogens is 1. The number of imidazole rings is 1. The Bertz CT molecular complexity index is 5800. The summed E-state index contributed by atoms with van der Waals surface area (Å²) in [5.41, 5.74) is 13.1. The minimum absolute atomic E-state index is 0.0169. The summed E-state index contributed by atoms with van der Waals surface area (Å²) in [7, 11) is 0. The Morgan fingerprint density at radius 3 is 1.68 bits per heavy atom. The van der Waals surface area contributed by atoms with Crippen molar-refractivity contribution in [1.82, 2.24) is 75.0 Å². The van der Waals surface area contributed by atoms with Gasteiger partial charge in [-0.05, 0) is 163 Å². The number of nitrogens with zero attached hydrogens (tertiary/aromatic N) is 23. The molecule has 4 N–H and O–H groups in total. The maximum Gasteiger partial charge on any atom is 0.330 e. The Labute approximate surface area is 683 Å². The molecule has 0 aliphatic carbocycles. The number of aryl methyl sites for hydroxylation is 3. The lowest BCUT2D eigenvalue weighted by atomic mass is 10.1. The number of aromatic amines is 1. The van der Waals surface area contributed by atoms with Crippen molar-refractivity contribution < 1.29 is 28.3 Å². The quantitative estimate of drug-likeness (QED) is 0.104. The van der Waals surface area contributed by atoms with E-state index in [4.69, 9.17) is 36.3 Å². The highest BCUT2D eigenvalue weighted by atomic mass is 35.5. The number of halogens is 2. The lowest BCUT2D eigenvalue weighted by Gasteiger charge is -2.40. The number of carbonyl (C=O) groups excluding carboxylic acids is 4. The maximum absolute atomic E-state index is 13.5. The summed E-state index contributed by atoms with van der Waals surface area (Å²) in [6.07, 6.45) is 21.9. The maximum atomic E-state index is 13.5. The fraction of sp³-hybridized carbons (Fsp3) is 0.310. The first-order chi connectivity index (χ1) is 57.3. The van der Waals surface area contributed by atoms with Gasteiger partial charge in [0.15, 0.2) is 34.9 Å². The lowest BCUT2D eigenvalue weighted by Crippen LogP contribution is -2.50. The minimum atomic E-state index is -0.364. The molecule has 11 aromatic heterocycles. The third-order valence-corrected chi connectivity index (χ3v) is 22.6. The van der Waals surface area contributed by atoms with Crippen molar-refractivity contribution in [1.29, 1.82) is 0 Å². The van der Waals surface area contributed by atoms with Crippen molar-refractivity contribution in [2.45, 2.75) is 96.5 Å². The number of fused-ring (bicyclic) bond motifs is 17. The minimum Gasteiger partial charge on any atom is -0.372 e. The second-order valence-electron chi connectivity index (χ2n) is 30.9. The average Bonchev–Trinajstić information content (AvgIpc) is 1.28. The summed E-state index contributed by atoms with van der Waals surface area (Å²) in [6.45, 7) is 19.0. The third-order valence-electron chi connectivity index (χ3n) is 22.3. The van der Waals surface area contributed by atoms with E-state index in [0.717, 1.165) is 170 Å². The van der Waals surface area contributed by atoms with Crippen LogP contribution in [0.5, 0.6) is 0 Å². The zero-order valence-corrected chi connectivity index (χ0v) is 66.1. The monoisotopic (exact) mass is 1600 g/mol. The van der Waals surface area contributed by atoms with Crippen LogP contribution in [-0.4, -0.2) is 201 Å². The first-order valence-corrected chi connectivity index (χ1v) is 39.7. The summed E-state index contributed by atoms with van der Waals surface area (Å²) < 4.78 is 19.3. The van der Waals surface area contributed by atoms with Gasteiger partial charge in [-0.2, -0.15) is 10.2 Å². The third kappa shape index (κ3) is 15.5. The number of morpholine rings is 1. The van der Waals surface area contributed by atoms with Crippen molar-refractivity contribution in [2.75, 3.05) is 132 Å². The number of hydrogen-bond acceptors (Lipinski definition) is 24. The molecule has 32 nitrogen and oxygen atoms in total. The zero-order chi connectivity index (χ0) is 80.9. The molecule has 7 amide bonds. The summed E-state index contributed by atoms with van der Waals surface area (Å²) in [4.78, 5) is 127. The second-order valence-corrected chi connectivity index (χ2v) is 31.3. The van der Waals surface area contributed by atoms with E-state index in [2.05, 4.69) is 121 Å². The van der Waals surface area contributed by atoms with Gasteiger partial charge in [0.05, 0.1) is 123 Å².